The number of fused-ring (bicyclic) bond motifs is 6. The van der Waals surface area contributed by atoms with E-state index < -0.39 is 70.8 Å². The van der Waals surface area contributed by atoms with Crippen LogP contribution in [0.2, 0.25) is 0 Å². The SMILES string of the molecule is Cc1cccc2c1-c1cc(c(F)c(C(F)(F)F)c1)[C@H](CC(=O)O)NC(=O)[C@@H](n1cc(CCN(C)C)c(C(F)(F)F)cc1=O)c1cccc(c1)O2. The summed E-state index contributed by atoms with van der Waals surface area (Å²) in [5.41, 5.74) is -5.05. The molecular weight excluding hydrogens is 675 g/mol. The van der Waals surface area contributed by atoms with Gasteiger partial charge in [-0.2, -0.15) is 26.3 Å². The second kappa shape index (κ2) is 13.6. The summed E-state index contributed by atoms with van der Waals surface area (Å²) >= 11 is 0. The van der Waals surface area contributed by atoms with Gasteiger partial charge < -0.3 is 20.1 Å². The molecular formula is C35H30F7N3O5. The van der Waals surface area contributed by atoms with Crippen LogP contribution in [0.25, 0.3) is 11.1 Å². The highest BCUT2D eigenvalue weighted by molar-refractivity contribution is 5.85. The fraction of sp³-hybridized carbons (Fsp3) is 0.286. The lowest BCUT2D eigenvalue weighted by Gasteiger charge is -2.26. The van der Waals surface area contributed by atoms with E-state index in [1.54, 1.807) is 38.1 Å². The van der Waals surface area contributed by atoms with Crippen LogP contribution in [0.15, 0.2) is 71.7 Å². The van der Waals surface area contributed by atoms with Crippen LogP contribution in [-0.4, -0.2) is 47.1 Å². The summed E-state index contributed by atoms with van der Waals surface area (Å²) in [5, 5.41) is 12.0. The summed E-state index contributed by atoms with van der Waals surface area (Å²) in [6.45, 7) is 1.70. The number of rotatable bonds is 6. The monoisotopic (exact) mass is 705 g/mol. The number of likely N-dealkylation sites (N-methyl/N-ethyl adjacent to an activating group) is 1. The molecule has 0 saturated heterocycles. The van der Waals surface area contributed by atoms with E-state index in [1.807, 2.05) is 0 Å². The Morgan fingerprint density at radius 2 is 1.64 bits per heavy atom. The van der Waals surface area contributed by atoms with E-state index in [1.165, 1.54) is 30.3 Å². The van der Waals surface area contributed by atoms with Crippen molar-refractivity contribution in [2.45, 2.75) is 44.2 Å². The lowest BCUT2D eigenvalue weighted by atomic mass is 9.91. The minimum absolute atomic E-state index is 0.00824. The maximum atomic E-state index is 15.9. The number of halogens is 7. The molecule has 2 N–H and O–H groups in total. The van der Waals surface area contributed by atoms with Crippen LogP contribution in [0.3, 0.4) is 0 Å². The average Bonchev–Trinajstić information content (AvgIpc) is 3.00. The maximum Gasteiger partial charge on any atom is 0.419 e. The Balaban J connectivity index is 1.83. The van der Waals surface area contributed by atoms with Gasteiger partial charge in [0.25, 0.3) is 5.56 Å². The summed E-state index contributed by atoms with van der Waals surface area (Å²) < 4.78 is 108. The van der Waals surface area contributed by atoms with E-state index in [9.17, 15) is 45.8 Å². The minimum Gasteiger partial charge on any atom is -0.481 e. The molecule has 1 aromatic heterocycles. The van der Waals surface area contributed by atoms with Crippen LogP contribution in [0.1, 0.15) is 51.9 Å². The molecule has 0 fully saturated rings. The number of amides is 1. The van der Waals surface area contributed by atoms with Gasteiger partial charge >= 0.3 is 18.3 Å². The number of pyridine rings is 1. The number of nitrogens with zero attached hydrogens (tertiary/aromatic N) is 2. The van der Waals surface area contributed by atoms with Crippen molar-refractivity contribution < 1.29 is 50.2 Å². The molecule has 264 valence electrons. The molecule has 2 heterocycles. The molecule has 2 atom stereocenters. The topological polar surface area (TPSA) is 101 Å². The lowest BCUT2D eigenvalue weighted by Crippen LogP contribution is -2.41. The maximum absolute atomic E-state index is 15.9. The predicted octanol–water partition coefficient (Wildman–Crippen LogP) is 7.13. The number of carboxylic acid groups (broad SMARTS) is 1. The van der Waals surface area contributed by atoms with Crippen molar-refractivity contribution in [3.8, 4) is 22.6 Å². The van der Waals surface area contributed by atoms with Gasteiger partial charge in [-0.3, -0.25) is 19.0 Å². The molecule has 1 amide bonds. The number of ether oxygens (including phenoxy) is 1. The van der Waals surface area contributed by atoms with Crippen LogP contribution < -0.4 is 15.6 Å². The van der Waals surface area contributed by atoms with Crippen molar-refractivity contribution in [1.29, 1.82) is 0 Å². The first-order valence-corrected chi connectivity index (χ1v) is 15.1. The minimum atomic E-state index is -5.25. The van der Waals surface area contributed by atoms with E-state index in [-0.39, 0.29) is 46.7 Å². The van der Waals surface area contributed by atoms with Crippen molar-refractivity contribution in [3.05, 3.63) is 116 Å². The normalized spacial score (nSPS) is 16.4. The highest BCUT2D eigenvalue weighted by Gasteiger charge is 2.39. The predicted molar refractivity (Wildman–Crippen MR) is 167 cm³/mol. The highest BCUT2D eigenvalue weighted by Crippen LogP contribution is 2.43. The molecule has 3 aromatic carbocycles. The van der Waals surface area contributed by atoms with Crippen LogP contribution >= 0.6 is 0 Å². The van der Waals surface area contributed by atoms with Gasteiger partial charge in [0.1, 0.15) is 23.4 Å². The van der Waals surface area contributed by atoms with E-state index in [0.29, 0.717) is 17.7 Å². The van der Waals surface area contributed by atoms with Gasteiger partial charge in [-0.25, -0.2) is 4.39 Å². The van der Waals surface area contributed by atoms with Crippen molar-refractivity contribution in [2.24, 2.45) is 0 Å². The highest BCUT2D eigenvalue weighted by atomic mass is 19.4. The fourth-order valence-corrected chi connectivity index (χ4v) is 5.93. The number of carbonyl (C=O) groups is 2. The first kappa shape index (κ1) is 36.1. The molecule has 15 heteroatoms. The van der Waals surface area contributed by atoms with Gasteiger partial charge in [-0.05, 0) is 80.0 Å². The number of nitrogens with one attached hydrogen (secondary N) is 1. The molecule has 4 aromatic rings. The number of alkyl halides is 6. The van der Waals surface area contributed by atoms with Gasteiger partial charge in [-0.15, -0.1) is 0 Å². The molecule has 4 bridgehead atoms. The molecule has 0 aliphatic carbocycles. The van der Waals surface area contributed by atoms with Gasteiger partial charge in [0.2, 0.25) is 5.91 Å². The molecule has 0 unspecified atom stereocenters. The Morgan fingerprint density at radius 1 is 0.960 bits per heavy atom. The van der Waals surface area contributed by atoms with Crippen molar-refractivity contribution >= 4 is 11.9 Å². The number of hydrogen-bond donors (Lipinski definition) is 2. The third-order valence-electron chi connectivity index (χ3n) is 8.23. The van der Waals surface area contributed by atoms with Gasteiger partial charge in [0.05, 0.1) is 23.6 Å². The zero-order valence-corrected chi connectivity index (χ0v) is 26.7. The third kappa shape index (κ3) is 7.52. The molecule has 0 spiro atoms. The molecule has 0 saturated carbocycles. The van der Waals surface area contributed by atoms with Gasteiger partial charge in [0, 0.05) is 29.9 Å². The number of aromatic nitrogens is 1. The Hall–Kier alpha value is -5.18. The smallest absolute Gasteiger partial charge is 0.419 e. The fourth-order valence-electron chi connectivity index (χ4n) is 5.93. The summed E-state index contributed by atoms with van der Waals surface area (Å²) in [6.07, 6.45) is -10.6. The first-order chi connectivity index (χ1) is 23.3. The number of aryl methyl sites for hydroxylation is 1. The zero-order chi connectivity index (χ0) is 36.7. The second-order valence-corrected chi connectivity index (χ2v) is 12.1. The zero-order valence-electron chi connectivity index (χ0n) is 26.7. The molecule has 0 radical (unpaired) electrons. The van der Waals surface area contributed by atoms with E-state index in [2.05, 4.69) is 5.32 Å². The summed E-state index contributed by atoms with van der Waals surface area (Å²) in [5.74, 6) is -4.60. The van der Waals surface area contributed by atoms with E-state index >= 15 is 4.39 Å². The van der Waals surface area contributed by atoms with E-state index in [4.69, 9.17) is 4.74 Å². The Bertz CT molecular complexity index is 2020. The number of benzene rings is 3. The number of carbonyl (C=O) groups excluding carboxylic acids is 1. The van der Waals surface area contributed by atoms with Crippen LogP contribution in [0.4, 0.5) is 30.7 Å². The largest absolute Gasteiger partial charge is 0.481 e. The van der Waals surface area contributed by atoms with Gasteiger partial charge in [-0.1, -0.05) is 24.3 Å². The number of carboxylic acids is 1. The van der Waals surface area contributed by atoms with Crippen molar-refractivity contribution in [1.82, 2.24) is 14.8 Å². The summed E-state index contributed by atoms with van der Waals surface area (Å²) in [6, 6.07) is 8.29. The first-order valence-electron chi connectivity index (χ1n) is 15.1. The average molecular weight is 706 g/mol. The Morgan fingerprint density at radius 3 is 2.28 bits per heavy atom. The second-order valence-electron chi connectivity index (χ2n) is 12.1. The molecule has 8 nitrogen and oxygen atoms in total. The van der Waals surface area contributed by atoms with Crippen LogP contribution in [-0.2, 0) is 28.4 Å². The van der Waals surface area contributed by atoms with E-state index in [0.717, 1.165) is 16.8 Å². The van der Waals surface area contributed by atoms with Gasteiger partial charge in [0.15, 0.2) is 0 Å². The molecule has 1 aliphatic rings. The number of hydrogen-bond acceptors (Lipinski definition) is 5. The van der Waals surface area contributed by atoms with Crippen molar-refractivity contribution in [3.63, 3.8) is 0 Å². The van der Waals surface area contributed by atoms with Crippen LogP contribution in [0.5, 0.6) is 11.5 Å². The van der Waals surface area contributed by atoms with Crippen molar-refractivity contribution in [2.75, 3.05) is 20.6 Å². The Labute approximate surface area is 280 Å². The summed E-state index contributed by atoms with van der Waals surface area (Å²) in [4.78, 5) is 41.2. The third-order valence-corrected chi connectivity index (χ3v) is 8.23. The van der Waals surface area contributed by atoms with Crippen LogP contribution in [0, 0.1) is 12.7 Å². The standard InChI is InChI=1S/C35H30F7N3O5/c1-18-6-4-9-27-30(18)21-13-23(31(36)25(14-21)35(40,41)42)26(16-29(47)48)43-33(49)32(19-7-5-8-22(12-19)50-27)45-17-20(10-11-44(2)3)24(15-28(45)46)34(37,38)39/h4-9,12-15,17,26,32H,10-11,16H2,1-3H3,(H,43,49)(H,47,48)/t26-,32-/m0/s1. The molecule has 5 rings (SSSR count). The molecule has 1 aliphatic heterocycles. The lowest BCUT2D eigenvalue weighted by molar-refractivity contribution is -0.140. The quantitative estimate of drug-likeness (QED) is 0.207. The molecule has 50 heavy (non-hydrogen) atoms. The summed E-state index contributed by atoms with van der Waals surface area (Å²) in [7, 11) is 3.25. The Kier molecular flexibility index (Phi) is 9.83. The number of aliphatic carboxylic acids is 1.